The van der Waals surface area contributed by atoms with Crippen LogP contribution in [0, 0.1) is 6.92 Å². The van der Waals surface area contributed by atoms with E-state index < -0.39 is 9.84 Å². The molecule has 170 valence electrons. The van der Waals surface area contributed by atoms with Crippen molar-refractivity contribution in [2.24, 2.45) is 0 Å². The molecule has 5 rings (SSSR count). The van der Waals surface area contributed by atoms with Crippen LogP contribution in [-0.4, -0.2) is 55.3 Å². The highest BCUT2D eigenvalue weighted by Crippen LogP contribution is 2.40. The molecule has 2 aliphatic heterocycles. The van der Waals surface area contributed by atoms with E-state index in [1.165, 1.54) is 6.20 Å². The third-order valence-electron chi connectivity index (χ3n) is 6.58. The Bertz CT molecular complexity index is 1330. The number of piperazine rings is 1. The summed E-state index contributed by atoms with van der Waals surface area (Å²) in [7, 11) is -3.44. The number of fused-ring (bicyclic) bond motifs is 2. The lowest BCUT2D eigenvalue weighted by Gasteiger charge is -2.40. The van der Waals surface area contributed by atoms with Gasteiger partial charge in [0.15, 0.2) is 9.84 Å². The second kappa shape index (κ2) is 8.28. The van der Waals surface area contributed by atoms with E-state index in [0.29, 0.717) is 42.5 Å². The number of amides is 1. The average molecular weight is 463 g/mol. The molecule has 1 atom stereocenters. The van der Waals surface area contributed by atoms with Crippen LogP contribution < -0.4 is 5.73 Å². The van der Waals surface area contributed by atoms with Crippen molar-refractivity contribution >= 4 is 21.6 Å². The van der Waals surface area contributed by atoms with Gasteiger partial charge in [-0.1, -0.05) is 42.5 Å². The van der Waals surface area contributed by atoms with E-state index in [0.717, 1.165) is 22.3 Å². The van der Waals surface area contributed by atoms with Crippen molar-refractivity contribution in [1.29, 1.82) is 0 Å². The van der Waals surface area contributed by atoms with E-state index in [1.54, 1.807) is 18.2 Å². The predicted octanol–water partition coefficient (Wildman–Crippen LogP) is 2.81. The molecule has 0 spiro atoms. The Labute approximate surface area is 193 Å². The Morgan fingerprint density at radius 2 is 1.67 bits per heavy atom. The number of pyridine rings is 1. The van der Waals surface area contributed by atoms with Gasteiger partial charge in [0.25, 0.3) is 5.91 Å². The number of nitrogen functional groups attached to an aromatic ring is 1. The van der Waals surface area contributed by atoms with Crippen LogP contribution in [0.5, 0.6) is 0 Å². The number of hydrogen-bond acceptors (Lipinski definition) is 6. The summed E-state index contributed by atoms with van der Waals surface area (Å²) < 4.78 is 26.3. The molecule has 0 saturated carbocycles. The Hall–Kier alpha value is -3.23. The molecule has 2 N–H and O–H groups in total. The maximum absolute atomic E-state index is 13.1. The zero-order valence-electron chi connectivity index (χ0n) is 18.4. The third-order valence-corrected chi connectivity index (χ3v) is 8.31. The Morgan fingerprint density at radius 3 is 2.39 bits per heavy atom. The van der Waals surface area contributed by atoms with E-state index >= 15 is 0 Å². The number of hydrogen-bond donors (Lipinski definition) is 1. The van der Waals surface area contributed by atoms with Gasteiger partial charge in [0, 0.05) is 32.4 Å². The average Bonchev–Trinajstić information content (AvgIpc) is 2.92. The molecule has 0 aliphatic carbocycles. The van der Waals surface area contributed by atoms with Gasteiger partial charge >= 0.3 is 0 Å². The molecule has 3 heterocycles. The summed E-state index contributed by atoms with van der Waals surface area (Å²) in [5.74, 6) is 0.366. The smallest absolute Gasteiger partial charge is 0.255 e. The highest BCUT2D eigenvalue weighted by molar-refractivity contribution is 7.90. The molecule has 1 saturated heterocycles. The van der Waals surface area contributed by atoms with Crippen LogP contribution in [0.15, 0.2) is 65.7 Å². The van der Waals surface area contributed by atoms with E-state index in [9.17, 15) is 13.2 Å². The highest BCUT2D eigenvalue weighted by Gasteiger charge is 2.36. The third kappa shape index (κ3) is 3.89. The predicted molar refractivity (Wildman–Crippen MR) is 126 cm³/mol. The summed E-state index contributed by atoms with van der Waals surface area (Å²) in [6.07, 6.45) is 1.53. The van der Waals surface area contributed by atoms with Crippen molar-refractivity contribution in [2.45, 2.75) is 23.6 Å². The first-order valence-electron chi connectivity index (χ1n) is 11.0. The lowest BCUT2D eigenvalue weighted by atomic mass is 9.93. The van der Waals surface area contributed by atoms with Gasteiger partial charge in [0.2, 0.25) is 0 Å². The number of carbonyl (C=O) groups is 1. The van der Waals surface area contributed by atoms with Crippen molar-refractivity contribution in [3.8, 4) is 0 Å². The van der Waals surface area contributed by atoms with Gasteiger partial charge < -0.3 is 10.6 Å². The number of sulfone groups is 1. The number of nitrogens with two attached hydrogens (primary N) is 1. The van der Waals surface area contributed by atoms with Crippen LogP contribution in [0.25, 0.3) is 0 Å². The molecule has 8 heteroatoms. The van der Waals surface area contributed by atoms with Gasteiger partial charge in [-0.3, -0.25) is 9.69 Å². The van der Waals surface area contributed by atoms with Crippen molar-refractivity contribution in [3.05, 3.63) is 88.6 Å². The molecule has 7 nitrogen and oxygen atoms in total. The summed E-state index contributed by atoms with van der Waals surface area (Å²) in [4.78, 5) is 21.7. The lowest BCUT2D eigenvalue weighted by molar-refractivity contribution is 0.0595. The fourth-order valence-electron chi connectivity index (χ4n) is 4.83. The van der Waals surface area contributed by atoms with Crippen LogP contribution in [0.3, 0.4) is 0 Å². The maximum atomic E-state index is 13.1. The first kappa shape index (κ1) is 21.6. The molecule has 0 radical (unpaired) electrons. The van der Waals surface area contributed by atoms with Gasteiger partial charge in [-0.05, 0) is 41.3 Å². The zero-order chi connectivity index (χ0) is 23.2. The zero-order valence-corrected chi connectivity index (χ0v) is 19.3. The van der Waals surface area contributed by atoms with Crippen LogP contribution in [0.1, 0.15) is 38.7 Å². The standard InChI is InChI=1S/C25H26N4O3S/c1-17-14-19(15-27-24(17)26)25(30)29-12-10-28(11-13-29)23-20-7-3-2-6-18(20)16-33(31,32)22-9-5-4-8-21(22)23/h2-9,14-15,23H,10-13,16H2,1H3,(H2,26,27). The van der Waals surface area contributed by atoms with E-state index in [1.807, 2.05) is 48.2 Å². The molecule has 0 bridgehead atoms. The minimum atomic E-state index is -3.44. The monoisotopic (exact) mass is 462 g/mol. The highest BCUT2D eigenvalue weighted by atomic mass is 32.2. The summed E-state index contributed by atoms with van der Waals surface area (Å²) >= 11 is 0. The summed E-state index contributed by atoms with van der Waals surface area (Å²) in [5, 5.41) is 0. The Balaban J connectivity index is 1.45. The number of nitrogens with zero attached hydrogens (tertiary/aromatic N) is 3. The van der Waals surface area contributed by atoms with Gasteiger partial charge in [-0.15, -0.1) is 0 Å². The molecular weight excluding hydrogens is 436 g/mol. The second-order valence-corrected chi connectivity index (χ2v) is 10.6. The molecule has 3 aromatic rings. The Kier molecular flexibility index (Phi) is 5.42. The number of anilines is 1. The molecule has 1 aromatic heterocycles. The van der Waals surface area contributed by atoms with Gasteiger partial charge in [-0.2, -0.15) is 0 Å². The molecule has 1 unspecified atom stereocenters. The molecule has 1 amide bonds. The summed E-state index contributed by atoms with van der Waals surface area (Å²) in [6.45, 7) is 4.22. The normalized spacial score (nSPS) is 19.9. The largest absolute Gasteiger partial charge is 0.383 e. The van der Waals surface area contributed by atoms with Gasteiger partial charge in [-0.25, -0.2) is 13.4 Å². The minimum absolute atomic E-state index is 0.00136. The molecule has 2 aliphatic rings. The topological polar surface area (TPSA) is 96.6 Å². The van der Waals surface area contributed by atoms with E-state index in [-0.39, 0.29) is 17.7 Å². The number of rotatable bonds is 2. The summed E-state index contributed by atoms with van der Waals surface area (Å²) in [6, 6.07) is 16.7. The number of carbonyl (C=O) groups excluding carboxylic acids is 1. The number of aromatic nitrogens is 1. The fourth-order valence-corrected chi connectivity index (χ4v) is 6.49. The van der Waals surface area contributed by atoms with Crippen molar-refractivity contribution < 1.29 is 13.2 Å². The Morgan fingerprint density at radius 1 is 1.00 bits per heavy atom. The van der Waals surface area contributed by atoms with Crippen molar-refractivity contribution in [3.63, 3.8) is 0 Å². The van der Waals surface area contributed by atoms with E-state index in [4.69, 9.17) is 5.73 Å². The van der Waals surface area contributed by atoms with Gasteiger partial charge in [0.1, 0.15) is 5.82 Å². The summed E-state index contributed by atoms with van der Waals surface area (Å²) in [5.41, 5.74) is 9.77. The molecule has 1 fully saturated rings. The molecular formula is C25H26N4O3S. The fraction of sp³-hybridized carbons (Fsp3) is 0.280. The van der Waals surface area contributed by atoms with Crippen molar-refractivity contribution in [2.75, 3.05) is 31.9 Å². The van der Waals surface area contributed by atoms with Crippen molar-refractivity contribution in [1.82, 2.24) is 14.8 Å². The number of benzene rings is 2. The van der Waals surface area contributed by atoms with Crippen LogP contribution >= 0.6 is 0 Å². The first-order valence-corrected chi connectivity index (χ1v) is 12.7. The van der Waals surface area contributed by atoms with E-state index in [2.05, 4.69) is 9.88 Å². The first-order chi connectivity index (χ1) is 15.8. The lowest BCUT2D eigenvalue weighted by Crippen LogP contribution is -2.50. The SMILES string of the molecule is Cc1cc(C(=O)N2CCN(C3c4ccccc4CS(=O)(=O)c4ccccc43)CC2)cnc1N. The second-order valence-electron chi connectivity index (χ2n) is 8.65. The van der Waals surface area contributed by atoms with Crippen LogP contribution in [0.4, 0.5) is 5.82 Å². The maximum Gasteiger partial charge on any atom is 0.255 e. The minimum Gasteiger partial charge on any atom is -0.383 e. The molecule has 33 heavy (non-hydrogen) atoms. The van der Waals surface area contributed by atoms with Crippen LogP contribution in [0.2, 0.25) is 0 Å². The quantitative estimate of drug-likeness (QED) is 0.629. The van der Waals surface area contributed by atoms with Gasteiger partial charge in [0.05, 0.1) is 22.3 Å². The van der Waals surface area contributed by atoms with Crippen LogP contribution in [-0.2, 0) is 15.6 Å². The number of aryl methyl sites for hydroxylation is 1. The molecule has 2 aromatic carbocycles.